The van der Waals surface area contributed by atoms with E-state index in [1.54, 1.807) is 7.11 Å². The molecule has 3 heteroatoms. The lowest BCUT2D eigenvalue weighted by Crippen LogP contribution is -2.16. The van der Waals surface area contributed by atoms with Gasteiger partial charge >= 0.3 is 0 Å². The maximum Gasteiger partial charge on any atom is 0.224 e. The molecule has 0 saturated heterocycles. The first-order chi connectivity index (χ1) is 11.9. The Morgan fingerprint density at radius 1 is 1.00 bits per heavy atom. The number of para-hydroxylation sites is 1. The van der Waals surface area contributed by atoms with Gasteiger partial charge in [0.25, 0.3) is 0 Å². The summed E-state index contributed by atoms with van der Waals surface area (Å²) in [6.45, 7) is 8.63. The van der Waals surface area contributed by atoms with Gasteiger partial charge in [-0.15, -0.1) is 0 Å². The van der Waals surface area contributed by atoms with Crippen molar-refractivity contribution in [3.8, 4) is 5.75 Å². The van der Waals surface area contributed by atoms with Crippen LogP contribution < -0.4 is 10.1 Å². The molecule has 0 heterocycles. The van der Waals surface area contributed by atoms with Crippen molar-refractivity contribution in [1.29, 1.82) is 0 Å². The van der Waals surface area contributed by atoms with Gasteiger partial charge in [0.2, 0.25) is 5.91 Å². The van der Waals surface area contributed by atoms with Crippen LogP contribution in [0.1, 0.15) is 62.6 Å². The molecule has 1 amide bonds. The number of carbonyl (C=O) groups is 1. The highest BCUT2D eigenvalue weighted by molar-refractivity contribution is 5.92. The van der Waals surface area contributed by atoms with E-state index < -0.39 is 0 Å². The first kappa shape index (κ1) is 19.0. The second-order valence-corrected chi connectivity index (χ2v) is 7.02. The number of hydrogen-bond donors (Lipinski definition) is 1. The van der Waals surface area contributed by atoms with Crippen LogP contribution in [-0.2, 0) is 11.2 Å². The third kappa shape index (κ3) is 5.09. The Bertz CT molecular complexity index is 693. The third-order valence-electron chi connectivity index (χ3n) is 4.41. The Balaban J connectivity index is 2.12. The van der Waals surface area contributed by atoms with E-state index in [0.29, 0.717) is 24.7 Å². The fourth-order valence-corrected chi connectivity index (χ4v) is 2.98. The smallest absolute Gasteiger partial charge is 0.224 e. The number of ether oxygens (including phenoxy) is 1. The first-order valence-corrected chi connectivity index (χ1v) is 8.98. The molecule has 0 spiro atoms. The Labute approximate surface area is 151 Å². The van der Waals surface area contributed by atoms with Crippen molar-refractivity contribution in [2.24, 2.45) is 0 Å². The predicted molar refractivity (Wildman–Crippen MR) is 105 cm³/mol. The van der Waals surface area contributed by atoms with Crippen LogP contribution in [0.25, 0.3) is 0 Å². The number of hydrogen-bond acceptors (Lipinski definition) is 2. The van der Waals surface area contributed by atoms with Crippen LogP contribution in [0.3, 0.4) is 0 Å². The van der Waals surface area contributed by atoms with Gasteiger partial charge in [0.15, 0.2) is 0 Å². The lowest BCUT2D eigenvalue weighted by Gasteiger charge is -2.20. The van der Waals surface area contributed by atoms with E-state index in [4.69, 9.17) is 4.74 Å². The monoisotopic (exact) mass is 339 g/mol. The van der Waals surface area contributed by atoms with Gasteiger partial charge in [-0.05, 0) is 47.1 Å². The summed E-state index contributed by atoms with van der Waals surface area (Å²) < 4.78 is 5.24. The zero-order valence-electron chi connectivity index (χ0n) is 15.9. The average molecular weight is 339 g/mol. The predicted octanol–water partition coefficient (Wildman–Crippen LogP) is 5.51. The number of aryl methyl sites for hydroxylation is 1. The number of carbonyl (C=O) groups excluding carboxylic acids is 1. The molecule has 2 aromatic rings. The minimum atomic E-state index is 0.0535. The molecule has 0 radical (unpaired) electrons. The summed E-state index contributed by atoms with van der Waals surface area (Å²) in [5, 5.41) is 3.17. The molecule has 2 aromatic carbocycles. The molecule has 0 atom stereocenters. The maximum absolute atomic E-state index is 12.5. The highest BCUT2D eigenvalue weighted by atomic mass is 16.5. The average Bonchev–Trinajstić information content (AvgIpc) is 2.60. The Hall–Kier alpha value is -2.29. The van der Waals surface area contributed by atoms with Crippen LogP contribution in [0, 0.1) is 0 Å². The summed E-state index contributed by atoms with van der Waals surface area (Å²) in [6, 6.07) is 14.2. The van der Waals surface area contributed by atoms with E-state index in [1.165, 1.54) is 11.1 Å². The molecule has 0 unspecified atom stereocenters. The standard InChI is InChI=1S/C22H29NO2/c1-15(2)19-10-7-11-20(16(3)4)22(19)23-21(24)13-12-17-8-6-9-18(14-17)25-5/h6-11,14-16H,12-13H2,1-5H3,(H,23,24). The van der Waals surface area contributed by atoms with E-state index in [9.17, 15) is 4.79 Å². The highest BCUT2D eigenvalue weighted by Gasteiger charge is 2.15. The number of nitrogens with one attached hydrogen (secondary N) is 1. The number of rotatable bonds is 7. The van der Waals surface area contributed by atoms with Crippen LogP contribution >= 0.6 is 0 Å². The fraction of sp³-hybridized carbons (Fsp3) is 0.409. The van der Waals surface area contributed by atoms with Gasteiger partial charge < -0.3 is 10.1 Å². The zero-order chi connectivity index (χ0) is 18.4. The van der Waals surface area contributed by atoms with Crippen LogP contribution in [0.4, 0.5) is 5.69 Å². The number of methoxy groups -OCH3 is 1. The number of amides is 1. The molecule has 25 heavy (non-hydrogen) atoms. The van der Waals surface area contributed by atoms with Gasteiger partial charge in [0.1, 0.15) is 5.75 Å². The number of benzene rings is 2. The summed E-state index contributed by atoms with van der Waals surface area (Å²) in [6.07, 6.45) is 1.15. The molecule has 0 aliphatic heterocycles. The topological polar surface area (TPSA) is 38.3 Å². The van der Waals surface area contributed by atoms with Crippen molar-refractivity contribution in [2.45, 2.75) is 52.4 Å². The second-order valence-electron chi connectivity index (χ2n) is 7.02. The molecule has 3 nitrogen and oxygen atoms in total. The molecule has 0 saturated carbocycles. The summed E-state index contributed by atoms with van der Waals surface area (Å²) >= 11 is 0. The Kier molecular flexibility index (Phi) is 6.63. The molecule has 134 valence electrons. The first-order valence-electron chi connectivity index (χ1n) is 8.98. The minimum absolute atomic E-state index is 0.0535. The van der Waals surface area contributed by atoms with Crippen LogP contribution in [-0.4, -0.2) is 13.0 Å². The maximum atomic E-state index is 12.5. The van der Waals surface area contributed by atoms with Gasteiger partial charge in [-0.3, -0.25) is 4.79 Å². The van der Waals surface area contributed by atoms with Crippen molar-refractivity contribution in [2.75, 3.05) is 12.4 Å². The largest absolute Gasteiger partial charge is 0.497 e. The lowest BCUT2D eigenvalue weighted by atomic mass is 9.92. The zero-order valence-corrected chi connectivity index (χ0v) is 15.9. The van der Waals surface area contributed by atoms with Gasteiger partial charge in [0, 0.05) is 12.1 Å². The Morgan fingerprint density at radius 3 is 2.16 bits per heavy atom. The SMILES string of the molecule is COc1cccc(CCC(=O)Nc2c(C(C)C)cccc2C(C)C)c1. The summed E-state index contributed by atoms with van der Waals surface area (Å²) in [5.74, 6) is 1.61. The molecule has 0 fully saturated rings. The van der Waals surface area contributed by atoms with Gasteiger partial charge in [-0.25, -0.2) is 0 Å². The van der Waals surface area contributed by atoms with Crippen molar-refractivity contribution in [1.82, 2.24) is 0 Å². The molecule has 0 bridgehead atoms. The second kappa shape index (κ2) is 8.70. The van der Waals surface area contributed by atoms with Crippen molar-refractivity contribution >= 4 is 11.6 Å². The van der Waals surface area contributed by atoms with E-state index in [-0.39, 0.29) is 5.91 Å². The van der Waals surface area contributed by atoms with Gasteiger partial charge in [-0.2, -0.15) is 0 Å². The Morgan fingerprint density at radius 2 is 1.60 bits per heavy atom. The molecular formula is C22H29NO2. The van der Waals surface area contributed by atoms with Crippen molar-refractivity contribution < 1.29 is 9.53 Å². The molecular weight excluding hydrogens is 310 g/mol. The molecule has 0 aromatic heterocycles. The summed E-state index contributed by atoms with van der Waals surface area (Å²) in [5.41, 5.74) is 4.49. The highest BCUT2D eigenvalue weighted by Crippen LogP contribution is 2.32. The van der Waals surface area contributed by atoms with E-state index in [1.807, 2.05) is 24.3 Å². The van der Waals surface area contributed by atoms with E-state index in [2.05, 4.69) is 51.2 Å². The van der Waals surface area contributed by atoms with Gasteiger partial charge in [-0.1, -0.05) is 58.0 Å². The third-order valence-corrected chi connectivity index (χ3v) is 4.41. The summed E-state index contributed by atoms with van der Waals surface area (Å²) in [4.78, 5) is 12.5. The fourth-order valence-electron chi connectivity index (χ4n) is 2.98. The normalized spacial score (nSPS) is 11.0. The van der Waals surface area contributed by atoms with E-state index >= 15 is 0 Å². The molecule has 0 aliphatic rings. The number of anilines is 1. The summed E-state index contributed by atoms with van der Waals surface area (Å²) in [7, 11) is 1.65. The molecule has 0 aliphatic carbocycles. The molecule has 1 N–H and O–H groups in total. The van der Waals surface area contributed by atoms with E-state index in [0.717, 1.165) is 17.0 Å². The van der Waals surface area contributed by atoms with Crippen LogP contribution in [0.15, 0.2) is 42.5 Å². The lowest BCUT2D eigenvalue weighted by molar-refractivity contribution is -0.116. The quantitative estimate of drug-likeness (QED) is 0.722. The van der Waals surface area contributed by atoms with Crippen molar-refractivity contribution in [3.63, 3.8) is 0 Å². The van der Waals surface area contributed by atoms with Gasteiger partial charge in [0.05, 0.1) is 7.11 Å². The van der Waals surface area contributed by atoms with Crippen molar-refractivity contribution in [3.05, 3.63) is 59.2 Å². The van der Waals surface area contributed by atoms with Crippen LogP contribution in [0.2, 0.25) is 0 Å². The van der Waals surface area contributed by atoms with Crippen LogP contribution in [0.5, 0.6) is 5.75 Å². The molecule has 2 rings (SSSR count). The minimum Gasteiger partial charge on any atom is -0.497 e.